The summed E-state index contributed by atoms with van der Waals surface area (Å²) in [5, 5.41) is 5.89. The van der Waals surface area contributed by atoms with Gasteiger partial charge in [-0.25, -0.2) is 17.8 Å². The summed E-state index contributed by atoms with van der Waals surface area (Å²) < 4.78 is 43.9. The van der Waals surface area contributed by atoms with E-state index in [1.165, 1.54) is 43.3 Å². The topological polar surface area (TPSA) is 76.0 Å². The number of benzene rings is 3. The molecule has 0 spiro atoms. The molecule has 0 saturated heterocycles. The lowest BCUT2D eigenvalue weighted by molar-refractivity contribution is -0.130. The zero-order valence-corrected chi connectivity index (χ0v) is 19.0. The number of ether oxygens (including phenoxy) is 1. The van der Waals surface area contributed by atoms with E-state index in [-0.39, 0.29) is 28.4 Å². The maximum atomic E-state index is 13.3. The molecule has 3 aromatic carbocycles. The normalized spacial score (nSPS) is 15.9. The molecule has 3 aromatic rings. The number of methoxy groups -OCH3 is 1. The number of halogens is 1. The quantitative estimate of drug-likeness (QED) is 0.536. The Bertz CT molecular complexity index is 1290. The van der Waals surface area contributed by atoms with Crippen molar-refractivity contribution < 1.29 is 22.3 Å². The van der Waals surface area contributed by atoms with Crippen molar-refractivity contribution in [2.75, 3.05) is 7.11 Å². The maximum Gasteiger partial charge on any atom is 0.240 e. The number of amides is 1. The van der Waals surface area contributed by atoms with Crippen LogP contribution in [0.5, 0.6) is 5.75 Å². The van der Waals surface area contributed by atoms with Crippen LogP contribution in [0.4, 0.5) is 4.39 Å². The van der Waals surface area contributed by atoms with Crippen molar-refractivity contribution in [3.8, 4) is 5.75 Å². The third-order valence-electron chi connectivity index (χ3n) is 5.55. The number of carbonyl (C=O) groups excluding carboxylic acids is 1. The molecule has 1 unspecified atom stereocenters. The van der Waals surface area contributed by atoms with E-state index >= 15 is 0 Å². The second-order valence-corrected chi connectivity index (χ2v) is 9.80. The van der Waals surface area contributed by atoms with E-state index in [4.69, 9.17) is 4.74 Å². The Kier molecular flexibility index (Phi) is 6.29. The highest BCUT2D eigenvalue weighted by Crippen LogP contribution is 2.33. The average Bonchev–Trinajstić information content (AvgIpc) is 3.26. The molecule has 1 amide bonds. The zero-order valence-electron chi connectivity index (χ0n) is 18.2. The zero-order chi connectivity index (χ0) is 23.6. The molecule has 0 N–H and O–H groups in total. The molecule has 1 aliphatic rings. The lowest BCUT2D eigenvalue weighted by Crippen LogP contribution is -2.24. The highest BCUT2D eigenvalue weighted by Gasteiger charge is 2.31. The van der Waals surface area contributed by atoms with Gasteiger partial charge in [0.05, 0.1) is 29.5 Å². The van der Waals surface area contributed by atoms with Crippen molar-refractivity contribution in [3.63, 3.8) is 0 Å². The van der Waals surface area contributed by atoms with Gasteiger partial charge in [-0.15, -0.1) is 0 Å². The molecule has 33 heavy (non-hydrogen) atoms. The van der Waals surface area contributed by atoms with Gasteiger partial charge in [-0.1, -0.05) is 36.4 Å². The molecule has 1 heterocycles. The molecule has 0 bridgehead atoms. The molecule has 8 heteroatoms. The maximum absolute atomic E-state index is 13.3. The van der Waals surface area contributed by atoms with Crippen molar-refractivity contribution in [2.24, 2.45) is 5.10 Å². The largest absolute Gasteiger partial charge is 0.497 e. The van der Waals surface area contributed by atoms with E-state index in [9.17, 15) is 17.6 Å². The minimum Gasteiger partial charge on any atom is -0.497 e. The summed E-state index contributed by atoms with van der Waals surface area (Å²) in [6.07, 6.45) is 0.481. The SMILES string of the molecule is COc1ccc(S(=O)(=O)Cc2ccc(C3=NN(C(C)=O)C(c4ccc(F)cc4)C3)cc2)cc1. The van der Waals surface area contributed by atoms with Gasteiger partial charge in [0.2, 0.25) is 5.91 Å². The number of carbonyl (C=O) groups is 1. The molecule has 6 nitrogen and oxygen atoms in total. The number of sulfone groups is 1. The van der Waals surface area contributed by atoms with Crippen molar-refractivity contribution in [2.45, 2.75) is 30.0 Å². The van der Waals surface area contributed by atoms with Crippen molar-refractivity contribution in [3.05, 3.63) is 95.3 Å². The first-order chi connectivity index (χ1) is 15.8. The van der Waals surface area contributed by atoms with Crippen LogP contribution in [0.15, 0.2) is 82.8 Å². The smallest absolute Gasteiger partial charge is 0.240 e. The molecule has 0 radical (unpaired) electrons. The second-order valence-electron chi connectivity index (χ2n) is 7.81. The van der Waals surface area contributed by atoms with Crippen molar-refractivity contribution in [1.29, 1.82) is 0 Å². The third-order valence-corrected chi connectivity index (χ3v) is 7.25. The van der Waals surface area contributed by atoms with Crippen LogP contribution in [0.25, 0.3) is 0 Å². The van der Waals surface area contributed by atoms with Crippen LogP contribution in [0.1, 0.15) is 36.1 Å². The Morgan fingerprint density at radius 1 is 1.03 bits per heavy atom. The number of rotatable bonds is 6. The van der Waals surface area contributed by atoms with Crippen LogP contribution in [0, 0.1) is 5.82 Å². The van der Waals surface area contributed by atoms with Crippen LogP contribution in [-0.4, -0.2) is 32.2 Å². The molecule has 0 aliphatic carbocycles. The van der Waals surface area contributed by atoms with Crippen LogP contribution in [-0.2, 0) is 20.4 Å². The Labute approximate surface area is 192 Å². The van der Waals surface area contributed by atoms with E-state index in [0.29, 0.717) is 23.4 Å². The summed E-state index contributed by atoms with van der Waals surface area (Å²) in [4.78, 5) is 12.4. The molecule has 170 valence electrons. The van der Waals surface area contributed by atoms with Crippen LogP contribution in [0.2, 0.25) is 0 Å². The van der Waals surface area contributed by atoms with Crippen molar-refractivity contribution in [1.82, 2.24) is 5.01 Å². The average molecular weight is 467 g/mol. The summed E-state index contributed by atoms with van der Waals surface area (Å²) >= 11 is 0. The number of nitrogens with zero attached hydrogens (tertiary/aromatic N) is 2. The molecular formula is C25H23FN2O4S. The highest BCUT2D eigenvalue weighted by atomic mass is 32.2. The second kappa shape index (κ2) is 9.15. The monoisotopic (exact) mass is 466 g/mol. The first-order valence-corrected chi connectivity index (χ1v) is 12.0. The minimum atomic E-state index is -3.51. The molecular weight excluding hydrogens is 443 g/mol. The number of hydrogen-bond donors (Lipinski definition) is 0. The predicted molar refractivity (Wildman–Crippen MR) is 123 cm³/mol. The first kappa shape index (κ1) is 22.7. The fourth-order valence-electron chi connectivity index (χ4n) is 3.80. The van der Waals surface area contributed by atoms with Crippen LogP contribution in [0.3, 0.4) is 0 Å². The van der Waals surface area contributed by atoms with Gasteiger partial charge in [0, 0.05) is 13.3 Å². The van der Waals surface area contributed by atoms with E-state index in [2.05, 4.69) is 5.10 Å². The fourth-order valence-corrected chi connectivity index (χ4v) is 5.15. The fraction of sp³-hybridized carbons (Fsp3) is 0.200. The Hall–Kier alpha value is -3.52. The summed E-state index contributed by atoms with van der Waals surface area (Å²) in [5.74, 6) is -0.0905. The van der Waals surface area contributed by atoms with Gasteiger partial charge < -0.3 is 4.74 Å². The van der Waals surface area contributed by atoms with Gasteiger partial charge >= 0.3 is 0 Å². The van der Waals surface area contributed by atoms with Crippen LogP contribution >= 0.6 is 0 Å². The van der Waals surface area contributed by atoms with E-state index < -0.39 is 9.84 Å². The van der Waals surface area contributed by atoms with Gasteiger partial charge in [-0.2, -0.15) is 5.10 Å². The van der Waals surface area contributed by atoms with E-state index in [1.807, 2.05) is 12.1 Å². The van der Waals surface area contributed by atoms with E-state index in [1.54, 1.807) is 36.4 Å². The minimum absolute atomic E-state index is 0.135. The molecule has 0 fully saturated rings. The van der Waals surface area contributed by atoms with Crippen molar-refractivity contribution >= 4 is 21.5 Å². The lowest BCUT2D eigenvalue weighted by atomic mass is 9.98. The molecule has 0 aromatic heterocycles. The van der Waals surface area contributed by atoms with E-state index in [0.717, 1.165) is 11.1 Å². The Balaban J connectivity index is 1.52. The molecule has 4 rings (SSSR count). The first-order valence-electron chi connectivity index (χ1n) is 10.4. The summed E-state index contributed by atoms with van der Waals surface area (Å²) in [6, 6.07) is 19.1. The number of hydrazone groups is 1. The summed E-state index contributed by atoms with van der Waals surface area (Å²) in [6.45, 7) is 1.44. The van der Waals surface area contributed by atoms with Gasteiger partial charge in [0.25, 0.3) is 0 Å². The molecule has 1 atom stereocenters. The Morgan fingerprint density at radius 2 is 1.67 bits per heavy atom. The predicted octanol–water partition coefficient (Wildman–Crippen LogP) is 4.51. The van der Waals surface area contributed by atoms with Crippen LogP contribution < -0.4 is 4.74 Å². The third kappa shape index (κ3) is 4.96. The standard InChI is InChI=1S/C25H23FN2O4S/c1-17(29)28-25(20-7-9-21(26)10-8-20)15-24(27-28)19-5-3-18(4-6-19)16-33(30,31)23-13-11-22(32-2)12-14-23/h3-14,25H,15-16H2,1-2H3. The molecule has 1 aliphatic heterocycles. The number of hydrogen-bond acceptors (Lipinski definition) is 5. The van der Waals surface area contributed by atoms with Gasteiger partial charge in [0.15, 0.2) is 9.84 Å². The Morgan fingerprint density at radius 3 is 2.24 bits per heavy atom. The molecule has 0 saturated carbocycles. The van der Waals surface area contributed by atoms with Gasteiger partial charge in [-0.3, -0.25) is 4.79 Å². The lowest BCUT2D eigenvalue weighted by Gasteiger charge is -2.20. The van der Waals surface area contributed by atoms with Gasteiger partial charge in [-0.05, 0) is 53.1 Å². The summed E-state index contributed by atoms with van der Waals surface area (Å²) in [5.41, 5.74) is 2.96. The van der Waals surface area contributed by atoms with Gasteiger partial charge in [0.1, 0.15) is 11.6 Å². The highest BCUT2D eigenvalue weighted by molar-refractivity contribution is 7.90. The summed E-state index contributed by atoms with van der Waals surface area (Å²) in [7, 11) is -1.98.